The molecule has 0 spiro atoms. The van der Waals surface area contributed by atoms with E-state index in [0.717, 1.165) is 16.8 Å². The van der Waals surface area contributed by atoms with Gasteiger partial charge in [-0.2, -0.15) is 5.26 Å². The maximum Gasteiger partial charge on any atom is 0.142 e. The molecule has 0 fully saturated rings. The fraction of sp³-hybridized carbons (Fsp3) is 0.0667. The minimum atomic E-state index is -0.0295. The van der Waals surface area contributed by atoms with Crippen molar-refractivity contribution in [2.45, 2.75) is 5.92 Å². The van der Waals surface area contributed by atoms with Gasteiger partial charge >= 0.3 is 0 Å². The van der Waals surface area contributed by atoms with E-state index in [4.69, 9.17) is 17.3 Å². The molecule has 0 amide bonds. The molecule has 0 saturated carbocycles. The molecule has 2 aliphatic rings. The van der Waals surface area contributed by atoms with Gasteiger partial charge in [0.25, 0.3) is 0 Å². The van der Waals surface area contributed by atoms with Crippen molar-refractivity contribution in [2.75, 3.05) is 0 Å². The van der Waals surface area contributed by atoms with E-state index in [0.29, 0.717) is 16.4 Å². The van der Waals surface area contributed by atoms with Crippen LogP contribution in [-0.4, -0.2) is 5.84 Å². The van der Waals surface area contributed by atoms with Crippen molar-refractivity contribution < 1.29 is 0 Å². The molecular weight excluding hydrogens is 258 g/mol. The molecule has 1 aliphatic carbocycles. The summed E-state index contributed by atoms with van der Waals surface area (Å²) in [5.74, 6) is 0.262. The lowest BCUT2D eigenvalue weighted by Gasteiger charge is -2.19. The first-order valence-electron chi connectivity index (χ1n) is 5.84. The Morgan fingerprint density at radius 1 is 1.37 bits per heavy atom. The Labute approximate surface area is 116 Å². The Balaban J connectivity index is 2.15. The van der Waals surface area contributed by atoms with E-state index >= 15 is 0 Å². The molecule has 3 nitrogen and oxygen atoms in total. The van der Waals surface area contributed by atoms with E-state index in [1.807, 2.05) is 42.5 Å². The Morgan fingerprint density at radius 3 is 2.95 bits per heavy atom. The van der Waals surface area contributed by atoms with E-state index in [9.17, 15) is 5.26 Å². The molecule has 0 aromatic heterocycles. The molecule has 1 aliphatic heterocycles. The van der Waals surface area contributed by atoms with Gasteiger partial charge in [-0.25, -0.2) is 4.99 Å². The lowest BCUT2D eigenvalue weighted by atomic mass is 9.84. The van der Waals surface area contributed by atoms with E-state index in [1.54, 1.807) is 0 Å². The zero-order valence-corrected chi connectivity index (χ0v) is 10.7. The first kappa shape index (κ1) is 11.8. The second-order valence-electron chi connectivity index (χ2n) is 4.37. The molecule has 2 N–H and O–H groups in total. The van der Waals surface area contributed by atoms with Gasteiger partial charge in [-0.1, -0.05) is 35.9 Å². The number of nitriles is 1. The standard InChI is InChI=1S/C15H10ClN3/c16-10-4-1-3-9(7-10)11-5-2-6-13-14(11)12(8-17)15(18)19-13/h1-7,11H,(H2,18,19). The number of nitrogens with zero attached hydrogens (tertiary/aromatic N) is 2. The molecule has 0 radical (unpaired) electrons. The lowest BCUT2D eigenvalue weighted by molar-refractivity contribution is 0.982. The minimum Gasteiger partial charge on any atom is -0.383 e. The summed E-state index contributed by atoms with van der Waals surface area (Å²) in [6, 6.07) is 9.75. The minimum absolute atomic E-state index is 0.0295. The van der Waals surface area contributed by atoms with Gasteiger partial charge in [0, 0.05) is 16.5 Å². The number of halogens is 1. The highest BCUT2D eigenvalue weighted by Crippen LogP contribution is 2.40. The van der Waals surface area contributed by atoms with E-state index in [-0.39, 0.29) is 5.92 Å². The second-order valence-corrected chi connectivity index (χ2v) is 4.80. The zero-order valence-electron chi connectivity index (χ0n) is 9.97. The van der Waals surface area contributed by atoms with E-state index in [2.05, 4.69) is 11.1 Å². The predicted molar refractivity (Wildman–Crippen MR) is 75.7 cm³/mol. The number of hydrogen-bond donors (Lipinski definition) is 1. The molecule has 1 unspecified atom stereocenters. The van der Waals surface area contributed by atoms with Crippen molar-refractivity contribution in [2.24, 2.45) is 10.7 Å². The molecular formula is C15H10ClN3. The van der Waals surface area contributed by atoms with E-state index in [1.165, 1.54) is 0 Å². The number of benzene rings is 1. The Morgan fingerprint density at radius 2 is 2.21 bits per heavy atom. The SMILES string of the molecule is N#CC1=C2C(=CC=CC2c2cccc(Cl)c2)N=C1N. The summed E-state index contributed by atoms with van der Waals surface area (Å²) in [5, 5.41) is 9.92. The summed E-state index contributed by atoms with van der Waals surface area (Å²) < 4.78 is 0. The van der Waals surface area contributed by atoms with Crippen LogP contribution in [0.25, 0.3) is 0 Å². The number of fused-ring (bicyclic) bond motifs is 1. The third kappa shape index (κ3) is 1.87. The highest BCUT2D eigenvalue weighted by Gasteiger charge is 2.29. The summed E-state index contributed by atoms with van der Waals surface area (Å²) in [4.78, 5) is 4.24. The first-order chi connectivity index (χ1) is 9.20. The van der Waals surface area contributed by atoms with Crippen molar-refractivity contribution in [3.8, 4) is 6.07 Å². The number of hydrogen-bond acceptors (Lipinski definition) is 3. The van der Waals surface area contributed by atoms with Crippen LogP contribution in [-0.2, 0) is 0 Å². The van der Waals surface area contributed by atoms with Crippen LogP contribution < -0.4 is 5.73 Å². The highest BCUT2D eigenvalue weighted by atomic mass is 35.5. The van der Waals surface area contributed by atoms with Crippen LogP contribution in [0.1, 0.15) is 11.5 Å². The van der Waals surface area contributed by atoms with Crippen molar-refractivity contribution in [3.63, 3.8) is 0 Å². The van der Waals surface area contributed by atoms with Gasteiger partial charge in [-0.05, 0) is 23.8 Å². The third-order valence-electron chi connectivity index (χ3n) is 3.23. The summed E-state index contributed by atoms with van der Waals surface area (Å²) >= 11 is 6.03. The Hall–Kier alpha value is -2.31. The largest absolute Gasteiger partial charge is 0.383 e. The Kier molecular flexibility index (Phi) is 2.73. The quantitative estimate of drug-likeness (QED) is 0.850. The molecule has 19 heavy (non-hydrogen) atoms. The Bertz CT molecular complexity index is 717. The van der Waals surface area contributed by atoms with Gasteiger partial charge in [0.2, 0.25) is 0 Å². The molecule has 1 aromatic rings. The fourth-order valence-corrected chi connectivity index (χ4v) is 2.60. The molecule has 1 heterocycles. The number of allylic oxidation sites excluding steroid dienone is 4. The third-order valence-corrected chi connectivity index (χ3v) is 3.47. The fourth-order valence-electron chi connectivity index (χ4n) is 2.40. The van der Waals surface area contributed by atoms with Gasteiger partial charge in [-0.3, -0.25) is 0 Å². The van der Waals surface area contributed by atoms with Crippen molar-refractivity contribution in [1.29, 1.82) is 5.26 Å². The van der Waals surface area contributed by atoms with Gasteiger partial charge < -0.3 is 5.73 Å². The van der Waals surface area contributed by atoms with Gasteiger partial charge in [0.15, 0.2) is 0 Å². The van der Waals surface area contributed by atoms with Crippen LogP contribution in [0.4, 0.5) is 0 Å². The molecule has 3 rings (SSSR count). The zero-order chi connectivity index (χ0) is 13.4. The average molecular weight is 268 g/mol. The second kappa shape index (κ2) is 4.42. The topological polar surface area (TPSA) is 62.2 Å². The molecule has 92 valence electrons. The van der Waals surface area contributed by atoms with Crippen molar-refractivity contribution in [1.82, 2.24) is 0 Å². The molecule has 1 aromatic carbocycles. The maximum atomic E-state index is 9.25. The van der Waals surface area contributed by atoms with Gasteiger partial charge in [0.05, 0.1) is 5.70 Å². The summed E-state index contributed by atoms with van der Waals surface area (Å²) in [6.45, 7) is 0. The number of aliphatic imine (C=N–C) groups is 1. The number of nitrogens with two attached hydrogens (primary N) is 1. The van der Waals surface area contributed by atoms with Crippen LogP contribution in [0, 0.1) is 11.3 Å². The maximum absolute atomic E-state index is 9.25. The summed E-state index contributed by atoms with van der Waals surface area (Å²) in [6.07, 6.45) is 5.82. The molecule has 0 bridgehead atoms. The van der Waals surface area contributed by atoms with Crippen LogP contribution in [0.3, 0.4) is 0 Å². The van der Waals surface area contributed by atoms with Gasteiger partial charge in [-0.15, -0.1) is 0 Å². The molecule has 0 saturated heterocycles. The van der Waals surface area contributed by atoms with Crippen molar-refractivity contribution >= 4 is 17.4 Å². The smallest absolute Gasteiger partial charge is 0.142 e. The lowest BCUT2D eigenvalue weighted by Crippen LogP contribution is -2.12. The highest BCUT2D eigenvalue weighted by molar-refractivity contribution is 6.30. The number of rotatable bonds is 1. The van der Waals surface area contributed by atoms with Crippen molar-refractivity contribution in [3.05, 3.63) is 69.9 Å². The average Bonchev–Trinajstić information content (AvgIpc) is 2.73. The van der Waals surface area contributed by atoms with E-state index < -0.39 is 0 Å². The monoisotopic (exact) mass is 267 g/mol. The van der Waals surface area contributed by atoms with Crippen LogP contribution in [0.15, 0.2) is 64.3 Å². The molecule has 4 heteroatoms. The predicted octanol–water partition coefficient (Wildman–Crippen LogP) is 3.07. The summed E-state index contributed by atoms with van der Waals surface area (Å²) in [7, 11) is 0. The van der Waals surface area contributed by atoms with Crippen LogP contribution in [0.5, 0.6) is 0 Å². The van der Waals surface area contributed by atoms with Crippen LogP contribution >= 0.6 is 11.6 Å². The normalized spacial score (nSPS) is 20.7. The van der Waals surface area contributed by atoms with Crippen LogP contribution in [0.2, 0.25) is 5.02 Å². The first-order valence-corrected chi connectivity index (χ1v) is 6.21. The molecule has 1 atom stereocenters. The number of amidine groups is 1. The summed E-state index contributed by atoms with van der Waals surface area (Å²) in [5.41, 5.74) is 8.91. The van der Waals surface area contributed by atoms with Gasteiger partial charge in [0.1, 0.15) is 17.5 Å².